The lowest BCUT2D eigenvalue weighted by Gasteiger charge is -2.09. The highest BCUT2D eigenvalue weighted by atomic mass is 35.5. The van der Waals surface area contributed by atoms with E-state index in [1.807, 2.05) is 37.3 Å². The molecule has 116 valence electrons. The molecule has 0 aliphatic carbocycles. The van der Waals surface area contributed by atoms with Crippen LogP contribution in [0.1, 0.15) is 21.7 Å². The van der Waals surface area contributed by atoms with Crippen molar-refractivity contribution >= 4 is 23.2 Å². The topological polar surface area (TPSA) is 55.1 Å². The summed E-state index contributed by atoms with van der Waals surface area (Å²) in [5, 5.41) is 7.55. The second-order valence-electron chi connectivity index (χ2n) is 5.24. The fraction of sp³-hybridized carbons (Fsp3) is 0.111. The van der Waals surface area contributed by atoms with Crippen LogP contribution in [-0.4, -0.2) is 11.1 Å². The van der Waals surface area contributed by atoms with Gasteiger partial charge in [-0.2, -0.15) is 0 Å². The minimum atomic E-state index is -0.256. The zero-order valence-corrected chi connectivity index (χ0v) is 13.5. The van der Waals surface area contributed by atoms with Crippen LogP contribution in [0.2, 0.25) is 5.02 Å². The molecule has 5 heteroatoms. The fourth-order valence-corrected chi connectivity index (χ4v) is 2.61. The van der Waals surface area contributed by atoms with Crippen molar-refractivity contribution in [2.45, 2.75) is 13.8 Å². The second kappa shape index (κ2) is 6.26. The smallest absolute Gasteiger partial charge is 0.261 e. The summed E-state index contributed by atoms with van der Waals surface area (Å²) in [5.74, 6) is 0.223. The average Bonchev–Trinajstić information content (AvgIpc) is 2.93. The number of hydrogen-bond acceptors (Lipinski definition) is 3. The van der Waals surface area contributed by atoms with Gasteiger partial charge in [0.15, 0.2) is 0 Å². The Hall–Kier alpha value is -2.59. The van der Waals surface area contributed by atoms with Crippen LogP contribution in [0, 0.1) is 13.8 Å². The van der Waals surface area contributed by atoms with Crippen LogP contribution in [0.3, 0.4) is 0 Å². The zero-order valence-electron chi connectivity index (χ0n) is 12.8. The van der Waals surface area contributed by atoms with Gasteiger partial charge in [-0.1, -0.05) is 47.1 Å². The molecule has 0 saturated heterocycles. The van der Waals surface area contributed by atoms with Gasteiger partial charge in [-0.15, -0.1) is 0 Å². The predicted molar refractivity (Wildman–Crippen MR) is 90.8 cm³/mol. The van der Waals surface area contributed by atoms with Gasteiger partial charge in [-0.25, -0.2) is 0 Å². The van der Waals surface area contributed by atoms with Crippen molar-refractivity contribution in [3.05, 3.63) is 70.4 Å². The summed E-state index contributed by atoms with van der Waals surface area (Å²) >= 11 is 5.95. The first kappa shape index (κ1) is 15.3. The van der Waals surface area contributed by atoms with Gasteiger partial charge in [-0.3, -0.25) is 4.79 Å². The Labute approximate surface area is 139 Å². The van der Waals surface area contributed by atoms with Crippen LogP contribution in [-0.2, 0) is 0 Å². The zero-order chi connectivity index (χ0) is 16.4. The number of halogens is 1. The lowest BCUT2D eigenvalue weighted by Crippen LogP contribution is -2.14. The van der Waals surface area contributed by atoms with Crippen LogP contribution in [0.15, 0.2) is 53.1 Å². The van der Waals surface area contributed by atoms with E-state index in [1.165, 1.54) is 0 Å². The first-order valence-electron chi connectivity index (χ1n) is 7.15. The number of aromatic nitrogens is 1. The molecule has 0 fully saturated rings. The summed E-state index contributed by atoms with van der Waals surface area (Å²) in [6, 6.07) is 14.8. The Bertz CT molecular complexity index is 857. The molecule has 1 N–H and O–H groups in total. The quantitative estimate of drug-likeness (QED) is 0.747. The van der Waals surface area contributed by atoms with Gasteiger partial charge in [-0.05, 0) is 37.6 Å². The Kier molecular flexibility index (Phi) is 4.17. The van der Waals surface area contributed by atoms with Crippen LogP contribution in [0.25, 0.3) is 11.3 Å². The van der Waals surface area contributed by atoms with Crippen LogP contribution < -0.4 is 5.32 Å². The maximum atomic E-state index is 12.7. The largest absolute Gasteiger partial charge is 0.360 e. The normalized spacial score (nSPS) is 10.6. The van der Waals surface area contributed by atoms with E-state index in [0.29, 0.717) is 27.7 Å². The highest BCUT2D eigenvalue weighted by Crippen LogP contribution is 2.27. The van der Waals surface area contributed by atoms with Gasteiger partial charge >= 0.3 is 0 Å². The number of nitrogens with one attached hydrogen (secondary N) is 1. The molecule has 1 amide bonds. The summed E-state index contributed by atoms with van der Waals surface area (Å²) in [4.78, 5) is 12.7. The third-order valence-electron chi connectivity index (χ3n) is 3.57. The van der Waals surface area contributed by atoms with E-state index in [-0.39, 0.29) is 5.91 Å². The van der Waals surface area contributed by atoms with Crippen LogP contribution >= 0.6 is 11.6 Å². The molecule has 0 atom stereocenters. The standard InChI is InChI=1S/C18H15ClN2O2/c1-11-10-14(19)8-9-15(11)20-18(22)16-12(2)23-21-17(16)13-6-4-3-5-7-13/h3-10H,1-2H3,(H,20,22). The number of aryl methyl sites for hydroxylation is 2. The molecule has 4 nitrogen and oxygen atoms in total. The second-order valence-corrected chi connectivity index (χ2v) is 5.68. The number of rotatable bonds is 3. The SMILES string of the molecule is Cc1cc(Cl)ccc1NC(=O)c1c(-c2ccccc2)noc1C. The van der Waals surface area contributed by atoms with Gasteiger partial charge in [0.05, 0.1) is 0 Å². The van der Waals surface area contributed by atoms with Crippen molar-refractivity contribution in [1.29, 1.82) is 0 Å². The maximum absolute atomic E-state index is 12.7. The Morgan fingerprint density at radius 2 is 1.87 bits per heavy atom. The van der Waals surface area contributed by atoms with Crippen molar-refractivity contribution in [1.82, 2.24) is 5.16 Å². The molecule has 1 heterocycles. The number of nitrogens with zero attached hydrogens (tertiary/aromatic N) is 1. The van der Waals surface area contributed by atoms with Crippen molar-refractivity contribution in [3.63, 3.8) is 0 Å². The first-order valence-corrected chi connectivity index (χ1v) is 7.53. The Balaban J connectivity index is 1.96. The highest BCUT2D eigenvalue weighted by Gasteiger charge is 2.22. The molecule has 2 aromatic carbocycles. The van der Waals surface area contributed by atoms with Crippen molar-refractivity contribution in [3.8, 4) is 11.3 Å². The van der Waals surface area contributed by atoms with Crippen molar-refractivity contribution < 1.29 is 9.32 Å². The third-order valence-corrected chi connectivity index (χ3v) is 3.81. The minimum absolute atomic E-state index is 0.256. The monoisotopic (exact) mass is 326 g/mol. The molecule has 0 aliphatic rings. The molecule has 3 aromatic rings. The molecule has 3 rings (SSSR count). The molecular formula is C18H15ClN2O2. The Morgan fingerprint density at radius 1 is 1.13 bits per heavy atom. The summed E-state index contributed by atoms with van der Waals surface area (Å²) in [6.07, 6.45) is 0. The number of carbonyl (C=O) groups excluding carboxylic acids is 1. The van der Waals surface area contributed by atoms with Gasteiger partial charge in [0.25, 0.3) is 5.91 Å². The summed E-state index contributed by atoms with van der Waals surface area (Å²) < 4.78 is 5.23. The number of anilines is 1. The maximum Gasteiger partial charge on any atom is 0.261 e. The van der Waals surface area contributed by atoms with E-state index in [9.17, 15) is 4.79 Å². The molecule has 23 heavy (non-hydrogen) atoms. The molecule has 1 aromatic heterocycles. The summed E-state index contributed by atoms with van der Waals surface area (Å²) in [7, 11) is 0. The highest BCUT2D eigenvalue weighted by molar-refractivity contribution is 6.30. The van der Waals surface area contributed by atoms with Crippen LogP contribution in [0.4, 0.5) is 5.69 Å². The fourth-order valence-electron chi connectivity index (χ4n) is 2.38. The van der Waals surface area contributed by atoms with Gasteiger partial charge < -0.3 is 9.84 Å². The lowest BCUT2D eigenvalue weighted by atomic mass is 10.1. The number of hydrogen-bond donors (Lipinski definition) is 1. The number of benzene rings is 2. The molecule has 0 saturated carbocycles. The van der Waals surface area contributed by atoms with Crippen molar-refractivity contribution in [2.75, 3.05) is 5.32 Å². The first-order chi connectivity index (χ1) is 11.1. The van der Waals surface area contributed by atoms with Crippen molar-refractivity contribution in [2.24, 2.45) is 0 Å². The van der Waals surface area contributed by atoms with E-state index in [2.05, 4.69) is 10.5 Å². The molecule has 0 radical (unpaired) electrons. The molecule has 0 bridgehead atoms. The third kappa shape index (κ3) is 3.12. The number of amides is 1. The van der Waals surface area contributed by atoms with E-state index >= 15 is 0 Å². The molecule has 0 spiro atoms. The van der Waals surface area contributed by atoms with E-state index in [0.717, 1.165) is 11.1 Å². The van der Waals surface area contributed by atoms with E-state index in [4.69, 9.17) is 16.1 Å². The number of carbonyl (C=O) groups is 1. The summed E-state index contributed by atoms with van der Waals surface area (Å²) in [5.41, 5.74) is 3.40. The molecule has 0 unspecified atom stereocenters. The van der Waals surface area contributed by atoms with Gasteiger partial charge in [0.2, 0.25) is 0 Å². The van der Waals surface area contributed by atoms with Gasteiger partial charge in [0, 0.05) is 16.3 Å². The average molecular weight is 327 g/mol. The predicted octanol–water partition coefficient (Wildman–Crippen LogP) is 4.86. The molecule has 0 aliphatic heterocycles. The van der Waals surface area contributed by atoms with Gasteiger partial charge in [0.1, 0.15) is 17.0 Å². The van der Waals surface area contributed by atoms with E-state index < -0.39 is 0 Å². The summed E-state index contributed by atoms with van der Waals surface area (Å²) in [6.45, 7) is 3.61. The Morgan fingerprint density at radius 3 is 2.57 bits per heavy atom. The van der Waals surface area contributed by atoms with Crippen LogP contribution in [0.5, 0.6) is 0 Å². The minimum Gasteiger partial charge on any atom is -0.360 e. The lowest BCUT2D eigenvalue weighted by molar-refractivity contribution is 0.102. The van der Waals surface area contributed by atoms with E-state index in [1.54, 1.807) is 25.1 Å². The molecular weight excluding hydrogens is 312 g/mol.